The zero-order valence-corrected chi connectivity index (χ0v) is 9.88. The second-order valence-electron chi connectivity index (χ2n) is 3.55. The number of carbonyl (C=O) groups excluding carboxylic acids is 2. The molecule has 2 rings (SSSR count). The quantitative estimate of drug-likeness (QED) is 0.508. The predicted octanol–water partition coefficient (Wildman–Crippen LogP) is 2.06. The van der Waals surface area contributed by atoms with E-state index in [0.29, 0.717) is 23.3 Å². The van der Waals surface area contributed by atoms with Crippen LogP contribution in [-0.4, -0.2) is 23.1 Å². The number of nitrogens with one attached hydrogen (secondary N) is 1. The Labute approximate surface area is 103 Å². The summed E-state index contributed by atoms with van der Waals surface area (Å²) < 4.78 is 5.10. The predicted molar refractivity (Wildman–Crippen MR) is 63.8 cm³/mol. The number of aromatic nitrogens is 1. The van der Waals surface area contributed by atoms with Gasteiger partial charge in [-0.2, -0.15) is 0 Å². The lowest BCUT2D eigenvalue weighted by molar-refractivity contribution is -0.108. The Morgan fingerprint density at radius 1 is 1.41 bits per heavy atom. The number of hydrogen-bond donors (Lipinski definition) is 1. The third-order valence-electron chi connectivity index (χ3n) is 2.59. The summed E-state index contributed by atoms with van der Waals surface area (Å²) in [5.74, 6) is 0.0138. The average Bonchev–Trinajstić information content (AvgIpc) is 2.60. The molecule has 17 heavy (non-hydrogen) atoms. The van der Waals surface area contributed by atoms with Crippen molar-refractivity contribution in [3.8, 4) is 0 Å². The number of methoxy groups -OCH3 is 1. The Kier molecular flexibility index (Phi) is 3.15. The standard InChI is InChI=1S/C12H10ClNO3/c1-17-7-2-4-8-9(11(15)12(13)16)6-14-10(8)5-3-7/h2-4,6,14H,5H2,1H3. The Morgan fingerprint density at radius 3 is 2.82 bits per heavy atom. The van der Waals surface area contributed by atoms with E-state index in [1.54, 1.807) is 19.3 Å². The van der Waals surface area contributed by atoms with Crippen LogP contribution in [0.4, 0.5) is 0 Å². The molecule has 0 amide bonds. The largest absolute Gasteiger partial charge is 0.497 e. The molecule has 0 spiro atoms. The van der Waals surface area contributed by atoms with Crippen LogP contribution in [0.25, 0.3) is 6.08 Å². The van der Waals surface area contributed by atoms with Crippen molar-refractivity contribution < 1.29 is 14.3 Å². The van der Waals surface area contributed by atoms with Crippen molar-refractivity contribution in [3.63, 3.8) is 0 Å². The Balaban J connectivity index is 2.42. The van der Waals surface area contributed by atoms with Gasteiger partial charge in [0.15, 0.2) is 0 Å². The molecule has 0 aromatic carbocycles. The van der Waals surface area contributed by atoms with Gasteiger partial charge in [0.1, 0.15) is 5.76 Å². The lowest BCUT2D eigenvalue weighted by Crippen LogP contribution is -2.07. The monoisotopic (exact) mass is 251 g/mol. The molecule has 0 atom stereocenters. The normalized spacial score (nSPS) is 13.6. The molecular weight excluding hydrogens is 242 g/mol. The fourth-order valence-electron chi connectivity index (χ4n) is 1.72. The van der Waals surface area contributed by atoms with Crippen molar-refractivity contribution >= 4 is 28.7 Å². The van der Waals surface area contributed by atoms with E-state index in [-0.39, 0.29) is 0 Å². The van der Waals surface area contributed by atoms with Crippen molar-refractivity contribution in [2.75, 3.05) is 7.11 Å². The highest BCUT2D eigenvalue weighted by atomic mass is 35.5. The van der Waals surface area contributed by atoms with Gasteiger partial charge in [0.25, 0.3) is 5.24 Å². The first kappa shape index (κ1) is 11.7. The van der Waals surface area contributed by atoms with Crippen LogP contribution in [0.3, 0.4) is 0 Å². The summed E-state index contributed by atoms with van der Waals surface area (Å²) in [5.41, 5.74) is 1.84. The number of Topliss-reactive ketones (excluding diaryl/α,β-unsaturated/α-hetero) is 1. The van der Waals surface area contributed by atoms with Crippen molar-refractivity contribution in [1.82, 2.24) is 4.98 Å². The number of halogens is 1. The van der Waals surface area contributed by atoms with Crippen molar-refractivity contribution in [2.24, 2.45) is 0 Å². The second kappa shape index (κ2) is 4.59. The van der Waals surface area contributed by atoms with Gasteiger partial charge in [0.2, 0.25) is 5.78 Å². The molecule has 0 aliphatic heterocycles. The van der Waals surface area contributed by atoms with Gasteiger partial charge in [0, 0.05) is 23.9 Å². The summed E-state index contributed by atoms with van der Waals surface area (Å²) in [7, 11) is 1.57. The van der Waals surface area contributed by atoms with Gasteiger partial charge >= 0.3 is 0 Å². The number of ketones is 1. The van der Waals surface area contributed by atoms with Gasteiger partial charge in [-0.15, -0.1) is 0 Å². The number of hydrogen-bond acceptors (Lipinski definition) is 3. The number of fused-ring (bicyclic) bond motifs is 1. The molecule has 1 aliphatic rings. The maximum atomic E-state index is 11.6. The minimum atomic E-state index is -0.982. The van der Waals surface area contributed by atoms with Crippen molar-refractivity contribution in [1.29, 1.82) is 0 Å². The van der Waals surface area contributed by atoms with Crippen LogP contribution in [0.1, 0.15) is 21.6 Å². The zero-order chi connectivity index (χ0) is 12.4. The highest BCUT2D eigenvalue weighted by Crippen LogP contribution is 2.22. The molecule has 4 nitrogen and oxygen atoms in total. The van der Waals surface area contributed by atoms with Gasteiger partial charge in [0.05, 0.1) is 12.7 Å². The average molecular weight is 252 g/mol. The Hall–Kier alpha value is -1.81. The van der Waals surface area contributed by atoms with Gasteiger partial charge in [-0.25, -0.2) is 0 Å². The first-order chi connectivity index (χ1) is 8.13. The zero-order valence-electron chi connectivity index (χ0n) is 9.12. The van der Waals surface area contributed by atoms with E-state index in [2.05, 4.69) is 4.98 Å². The fourth-order valence-corrected chi connectivity index (χ4v) is 1.82. The van der Waals surface area contributed by atoms with Crippen molar-refractivity contribution in [2.45, 2.75) is 6.42 Å². The molecule has 5 heteroatoms. The van der Waals surface area contributed by atoms with Crippen LogP contribution in [0, 0.1) is 0 Å². The Bertz CT molecular complexity index is 540. The van der Waals surface area contributed by atoms with E-state index in [1.807, 2.05) is 6.08 Å². The maximum absolute atomic E-state index is 11.6. The summed E-state index contributed by atoms with van der Waals surface area (Å²) in [6, 6.07) is 0. The van der Waals surface area contributed by atoms with Crippen LogP contribution in [0.5, 0.6) is 0 Å². The van der Waals surface area contributed by atoms with Crippen LogP contribution in [-0.2, 0) is 16.0 Å². The van der Waals surface area contributed by atoms with Crippen LogP contribution >= 0.6 is 11.6 Å². The number of ether oxygens (including phenoxy) is 1. The molecule has 1 aromatic rings. The molecule has 0 bridgehead atoms. The Morgan fingerprint density at radius 2 is 2.18 bits per heavy atom. The third-order valence-corrected chi connectivity index (χ3v) is 2.76. The van der Waals surface area contributed by atoms with Crippen LogP contribution in [0.2, 0.25) is 0 Å². The van der Waals surface area contributed by atoms with Crippen LogP contribution in [0.15, 0.2) is 24.1 Å². The molecule has 0 saturated heterocycles. The van der Waals surface area contributed by atoms with Gasteiger partial charge in [-0.05, 0) is 29.8 Å². The highest BCUT2D eigenvalue weighted by molar-refractivity contribution is 6.83. The number of aromatic amines is 1. The molecule has 88 valence electrons. The number of rotatable bonds is 3. The molecule has 1 heterocycles. The second-order valence-corrected chi connectivity index (χ2v) is 3.89. The number of H-pyrrole nitrogens is 1. The van der Waals surface area contributed by atoms with Gasteiger partial charge < -0.3 is 9.72 Å². The van der Waals surface area contributed by atoms with Crippen molar-refractivity contribution in [3.05, 3.63) is 40.9 Å². The SMILES string of the molecule is COC1=CCc2[nH]cc(C(=O)C(=O)Cl)c2C=C1. The third kappa shape index (κ3) is 2.17. The highest BCUT2D eigenvalue weighted by Gasteiger charge is 2.20. The summed E-state index contributed by atoms with van der Waals surface area (Å²) in [6.45, 7) is 0. The molecule has 0 radical (unpaired) electrons. The molecular formula is C12H10ClNO3. The molecule has 0 saturated carbocycles. The minimum Gasteiger partial charge on any atom is -0.497 e. The molecule has 0 unspecified atom stereocenters. The minimum absolute atomic E-state index is 0.294. The number of allylic oxidation sites excluding steroid dienone is 2. The number of carbonyl (C=O) groups is 2. The van der Waals surface area contributed by atoms with Gasteiger partial charge in [-0.3, -0.25) is 9.59 Å². The molecule has 1 aromatic heterocycles. The van der Waals surface area contributed by atoms with E-state index < -0.39 is 11.0 Å². The van der Waals surface area contributed by atoms with E-state index in [1.165, 1.54) is 6.20 Å². The van der Waals surface area contributed by atoms with Crippen LogP contribution < -0.4 is 0 Å². The van der Waals surface area contributed by atoms with E-state index in [9.17, 15) is 9.59 Å². The molecule has 1 aliphatic carbocycles. The van der Waals surface area contributed by atoms with Gasteiger partial charge in [-0.1, -0.05) is 0 Å². The van der Waals surface area contributed by atoms with E-state index in [4.69, 9.17) is 16.3 Å². The summed E-state index contributed by atoms with van der Waals surface area (Å²) in [5, 5.41) is -0.982. The summed E-state index contributed by atoms with van der Waals surface area (Å²) >= 11 is 5.19. The van der Waals surface area contributed by atoms with E-state index in [0.717, 1.165) is 5.69 Å². The first-order valence-electron chi connectivity index (χ1n) is 5.00. The van der Waals surface area contributed by atoms with E-state index >= 15 is 0 Å². The summed E-state index contributed by atoms with van der Waals surface area (Å²) in [6.07, 6.45) is 7.48. The topological polar surface area (TPSA) is 59.2 Å². The maximum Gasteiger partial charge on any atom is 0.293 e. The summed E-state index contributed by atoms with van der Waals surface area (Å²) in [4.78, 5) is 25.4. The molecule has 0 fully saturated rings. The fraction of sp³-hybridized carbons (Fsp3) is 0.167. The lowest BCUT2D eigenvalue weighted by Gasteiger charge is -1.96. The molecule has 1 N–H and O–H groups in total. The lowest BCUT2D eigenvalue weighted by atomic mass is 10.1. The smallest absolute Gasteiger partial charge is 0.293 e. The first-order valence-corrected chi connectivity index (χ1v) is 5.38.